The first-order valence-electron chi connectivity index (χ1n) is 5.35. The Morgan fingerprint density at radius 1 is 1.29 bits per heavy atom. The number of carbonyl (C=O) groups excluding carboxylic acids is 1. The highest BCUT2D eigenvalue weighted by Crippen LogP contribution is 2.06. The summed E-state index contributed by atoms with van der Waals surface area (Å²) in [7, 11) is 0. The van der Waals surface area contributed by atoms with Crippen molar-refractivity contribution >= 4 is 11.5 Å². The molecular formula is C15H15NO. The maximum absolute atomic E-state index is 11.3. The monoisotopic (exact) mass is 225 g/mol. The van der Waals surface area contributed by atoms with Gasteiger partial charge in [-0.05, 0) is 32.4 Å². The molecule has 17 heavy (non-hydrogen) atoms. The average Bonchev–Trinajstić information content (AvgIpc) is 2.29. The number of nitrogens with one attached hydrogen (secondary N) is 1. The van der Waals surface area contributed by atoms with Crippen LogP contribution in [0.3, 0.4) is 0 Å². The molecule has 0 amide bonds. The third-order valence-electron chi connectivity index (χ3n) is 2.29. The number of rotatable bonds is 3. The Kier molecular flexibility index (Phi) is 4.42. The van der Waals surface area contributed by atoms with Crippen LogP contribution in [0.15, 0.2) is 35.9 Å². The minimum absolute atomic E-state index is 0.115. The maximum Gasteiger partial charge on any atom is 0.168 e. The molecule has 0 saturated carbocycles. The fraction of sp³-hybridized carbons (Fsp3) is 0.200. The molecule has 1 aromatic carbocycles. The molecule has 2 heteroatoms. The van der Waals surface area contributed by atoms with Crippen LogP contribution >= 0.6 is 0 Å². The van der Waals surface area contributed by atoms with Crippen molar-refractivity contribution in [2.24, 2.45) is 0 Å². The Hall–Kier alpha value is -2.14. The van der Waals surface area contributed by atoms with E-state index < -0.39 is 0 Å². The summed E-state index contributed by atoms with van der Waals surface area (Å²) >= 11 is 0. The summed E-state index contributed by atoms with van der Waals surface area (Å²) in [5, 5.41) is 7.91. The predicted octanol–water partition coefficient (Wildman–Crippen LogP) is 2.90. The summed E-state index contributed by atoms with van der Waals surface area (Å²) in [6.07, 6.45) is 1.52. The molecule has 1 aromatic rings. The average molecular weight is 225 g/mol. The van der Waals surface area contributed by atoms with Gasteiger partial charge >= 0.3 is 0 Å². The molecule has 0 aliphatic carbocycles. The number of carbonyl (C=O) groups is 1. The summed E-state index contributed by atoms with van der Waals surface area (Å²) in [5.74, 6) is 5.28. The van der Waals surface area contributed by atoms with Crippen molar-refractivity contribution in [2.45, 2.75) is 20.8 Å². The molecule has 0 aliphatic heterocycles. The molecule has 1 rings (SSSR count). The highest BCUT2D eigenvalue weighted by atomic mass is 16.1. The highest BCUT2D eigenvalue weighted by Gasteiger charge is 2.03. The lowest BCUT2D eigenvalue weighted by Crippen LogP contribution is -2.01. The molecule has 0 atom stereocenters. The zero-order valence-corrected chi connectivity index (χ0v) is 10.3. The lowest BCUT2D eigenvalue weighted by atomic mass is 10.0. The molecule has 0 bridgehead atoms. The fourth-order valence-corrected chi connectivity index (χ4v) is 1.32. The van der Waals surface area contributed by atoms with Crippen LogP contribution in [-0.4, -0.2) is 11.5 Å². The quantitative estimate of drug-likeness (QED) is 0.479. The van der Waals surface area contributed by atoms with Gasteiger partial charge in [0, 0.05) is 0 Å². The van der Waals surface area contributed by atoms with Gasteiger partial charge < -0.3 is 5.41 Å². The van der Waals surface area contributed by atoms with Gasteiger partial charge in [0.05, 0.1) is 11.3 Å². The molecule has 0 aromatic heterocycles. The van der Waals surface area contributed by atoms with Gasteiger partial charge in [-0.2, -0.15) is 0 Å². The van der Waals surface area contributed by atoms with Gasteiger partial charge in [0.1, 0.15) is 0 Å². The Labute approximate surface area is 102 Å². The van der Waals surface area contributed by atoms with E-state index in [-0.39, 0.29) is 5.78 Å². The number of allylic oxidation sites excluding steroid dienone is 2. The van der Waals surface area contributed by atoms with Gasteiger partial charge in [-0.1, -0.05) is 35.7 Å². The van der Waals surface area contributed by atoms with E-state index in [0.29, 0.717) is 11.3 Å². The zero-order chi connectivity index (χ0) is 12.8. The van der Waals surface area contributed by atoms with E-state index in [9.17, 15) is 4.79 Å². The minimum atomic E-state index is -0.115. The van der Waals surface area contributed by atoms with E-state index in [1.807, 2.05) is 31.2 Å². The topological polar surface area (TPSA) is 40.9 Å². The first-order valence-corrected chi connectivity index (χ1v) is 5.35. The molecule has 1 N–H and O–H groups in total. The largest absolute Gasteiger partial charge is 0.300 e. The smallest absolute Gasteiger partial charge is 0.168 e. The van der Waals surface area contributed by atoms with E-state index in [1.165, 1.54) is 13.0 Å². The van der Waals surface area contributed by atoms with Crippen molar-refractivity contribution in [3.8, 4) is 11.8 Å². The lowest BCUT2D eigenvalue weighted by Gasteiger charge is -2.00. The second-order valence-corrected chi connectivity index (χ2v) is 3.77. The predicted molar refractivity (Wildman–Crippen MR) is 70.2 cm³/mol. The van der Waals surface area contributed by atoms with Crippen LogP contribution in [-0.2, 0) is 4.79 Å². The van der Waals surface area contributed by atoms with E-state index in [2.05, 4.69) is 11.8 Å². The number of aryl methyl sites for hydroxylation is 1. The second-order valence-electron chi connectivity index (χ2n) is 3.77. The molecule has 0 heterocycles. The standard InChI is InChI=1S/C15H15NO/c1-4-5-14(12(3)17)10-15(16)13-8-6-11(2)7-9-13/h6-10,16H,1-3H3/b14-10+,16-15?. The summed E-state index contributed by atoms with van der Waals surface area (Å²) in [6.45, 7) is 5.12. The first kappa shape index (κ1) is 12.9. The van der Waals surface area contributed by atoms with Crippen LogP contribution in [0.5, 0.6) is 0 Å². The van der Waals surface area contributed by atoms with Crippen molar-refractivity contribution in [2.75, 3.05) is 0 Å². The molecule has 86 valence electrons. The third-order valence-corrected chi connectivity index (χ3v) is 2.29. The van der Waals surface area contributed by atoms with Gasteiger partial charge in [0.25, 0.3) is 0 Å². The Balaban J connectivity index is 3.03. The van der Waals surface area contributed by atoms with E-state index in [4.69, 9.17) is 5.41 Å². The number of ketones is 1. The van der Waals surface area contributed by atoms with Gasteiger partial charge in [-0.3, -0.25) is 4.79 Å². The number of hydrogen-bond acceptors (Lipinski definition) is 2. The third kappa shape index (κ3) is 3.73. The van der Waals surface area contributed by atoms with Crippen LogP contribution in [0.1, 0.15) is 25.0 Å². The summed E-state index contributed by atoms with van der Waals surface area (Å²) in [4.78, 5) is 11.3. The molecule has 0 spiro atoms. The van der Waals surface area contributed by atoms with Crippen LogP contribution in [0.2, 0.25) is 0 Å². The van der Waals surface area contributed by atoms with Gasteiger partial charge in [0.2, 0.25) is 0 Å². The Morgan fingerprint density at radius 3 is 2.35 bits per heavy atom. The minimum Gasteiger partial charge on any atom is -0.300 e. The van der Waals surface area contributed by atoms with Crippen LogP contribution in [0.4, 0.5) is 0 Å². The summed E-state index contributed by atoms with van der Waals surface area (Å²) in [6, 6.07) is 7.61. The van der Waals surface area contributed by atoms with Crippen molar-refractivity contribution in [1.29, 1.82) is 5.41 Å². The number of benzene rings is 1. The first-order chi connectivity index (χ1) is 8.04. The van der Waals surface area contributed by atoms with Crippen molar-refractivity contribution < 1.29 is 4.79 Å². The van der Waals surface area contributed by atoms with Crippen LogP contribution < -0.4 is 0 Å². The molecule has 0 unspecified atom stereocenters. The van der Waals surface area contributed by atoms with Crippen molar-refractivity contribution in [3.05, 3.63) is 47.0 Å². The molecular weight excluding hydrogens is 210 g/mol. The highest BCUT2D eigenvalue weighted by molar-refractivity contribution is 6.12. The van der Waals surface area contributed by atoms with Crippen molar-refractivity contribution in [3.63, 3.8) is 0 Å². The molecule has 0 saturated heterocycles. The Morgan fingerprint density at radius 2 is 1.88 bits per heavy atom. The maximum atomic E-state index is 11.3. The van der Waals surface area contributed by atoms with E-state index >= 15 is 0 Å². The Bertz CT molecular complexity index is 524. The van der Waals surface area contributed by atoms with Gasteiger partial charge in [-0.25, -0.2) is 0 Å². The molecule has 0 fully saturated rings. The summed E-state index contributed by atoms with van der Waals surface area (Å²) < 4.78 is 0. The van der Waals surface area contributed by atoms with E-state index in [1.54, 1.807) is 6.92 Å². The molecule has 0 aliphatic rings. The number of hydrogen-bond donors (Lipinski definition) is 1. The summed E-state index contributed by atoms with van der Waals surface area (Å²) in [5.41, 5.74) is 2.61. The normalized spacial score (nSPS) is 10.4. The van der Waals surface area contributed by atoms with Crippen molar-refractivity contribution in [1.82, 2.24) is 0 Å². The fourth-order valence-electron chi connectivity index (χ4n) is 1.32. The van der Waals surface area contributed by atoms with E-state index in [0.717, 1.165) is 11.1 Å². The lowest BCUT2D eigenvalue weighted by molar-refractivity contribution is -0.113. The second kappa shape index (κ2) is 5.81. The number of Topliss-reactive ketones (excluding diaryl/α,β-unsaturated/α-hetero) is 1. The molecule has 2 nitrogen and oxygen atoms in total. The SMILES string of the molecule is CC#C/C(=C\C(=N)c1ccc(C)cc1)C(C)=O. The van der Waals surface area contributed by atoms with Gasteiger partial charge in [0.15, 0.2) is 5.78 Å². The zero-order valence-electron chi connectivity index (χ0n) is 10.3. The molecule has 0 radical (unpaired) electrons. The van der Waals surface area contributed by atoms with Crippen LogP contribution in [0.25, 0.3) is 0 Å². The van der Waals surface area contributed by atoms with Crippen LogP contribution in [0, 0.1) is 24.2 Å². The van der Waals surface area contributed by atoms with Gasteiger partial charge in [-0.15, -0.1) is 5.92 Å².